The summed E-state index contributed by atoms with van der Waals surface area (Å²) in [6.45, 7) is 6.28. The maximum absolute atomic E-state index is 12.8. The molecule has 1 atom stereocenters. The summed E-state index contributed by atoms with van der Waals surface area (Å²) < 4.78 is 0. The Labute approximate surface area is 111 Å². The van der Waals surface area contributed by atoms with Gasteiger partial charge in [0.2, 0.25) is 5.91 Å². The van der Waals surface area contributed by atoms with Gasteiger partial charge in [0.05, 0.1) is 0 Å². The van der Waals surface area contributed by atoms with Gasteiger partial charge < -0.3 is 10.0 Å². The molecule has 0 radical (unpaired) electrons. The number of hydrogen-bond donors (Lipinski definition) is 1. The Morgan fingerprint density at radius 2 is 2.06 bits per heavy atom. The number of amides is 1. The molecule has 0 aromatic carbocycles. The summed E-state index contributed by atoms with van der Waals surface area (Å²) in [4.78, 5) is 14.8. The molecule has 3 heteroatoms. The molecular weight excluding hydrogens is 226 g/mol. The minimum absolute atomic E-state index is 0.0709. The van der Waals surface area contributed by atoms with Crippen LogP contribution in [0.15, 0.2) is 0 Å². The topological polar surface area (TPSA) is 40.5 Å². The van der Waals surface area contributed by atoms with E-state index in [1.807, 2.05) is 4.90 Å². The quantitative estimate of drug-likeness (QED) is 0.836. The second-order valence-electron chi connectivity index (χ2n) is 6.67. The van der Waals surface area contributed by atoms with E-state index in [-0.39, 0.29) is 12.0 Å². The standard InChI is InChI=1S/C15H27NO2/c1-12(2)9-15(6-3-4-7-15)14(18)16-8-5-13(10-16)11-17/h12-13,17H,3-11H2,1-2H3. The molecule has 0 aromatic rings. The Morgan fingerprint density at radius 3 is 2.56 bits per heavy atom. The number of nitrogens with zero attached hydrogens (tertiary/aromatic N) is 1. The van der Waals surface area contributed by atoms with Crippen LogP contribution in [-0.4, -0.2) is 35.6 Å². The van der Waals surface area contributed by atoms with Gasteiger partial charge in [-0.1, -0.05) is 26.7 Å². The summed E-state index contributed by atoms with van der Waals surface area (Å²) in [5.41, 5.74) is -0.0709. The van der Waals surface area contributed by atoms with E-state index in [1.165, 1.54) is 12.8 Å². The van der Waals surface area contributed by atoms with Crippen molar-refractivity contribution in [2.45, 2.75) is 52.4 Å². The van der Waals surface area contributed by atoms with Crippen molar-refractivity contribution >= 4 is 5.91 Å². The van der Waals surface area contributed by atoms with Crippen molar-refractivity contribution in [1.29, 1.82) is 0 Å². The van der Waals surface area contributed by atoms with Crippen LogP contribution in [0.2, 0.25) is 0 Å². The molecule has 104 valence electrons. The van der Waals surface area contributed by atoms with Crippen LogP contribution in [0.25, 0.3) is 0 Å². The molecule has 2 aliphatic rings. The molecule has 1 aliphatic carbocycles. The van der Waals surface area contributed by atoms with Gasteiger partial charge in [0.1, 0.15) is 0 Å². The number of aliphatic hydroxyl groups is 1. The van der Waals surface area contributed by atoms with E-state index >= 15 is 0 Å². The van der Waals surface area contributed by atoms with E-state index in [4.69, 9.17) is 0 Å². The van der Waals surface area contributed by atoms with E-state index in [1.54, 1.807) is 0 Å². The summed E-state index contributed by atoms with van der Waals surface area (Å²) in [6, 6.07) is 0. The molecule has 0 bridgehead atoms. The summed E-state index contributed by atoms with van der Waals surface area (Å²) in [6.07, 6.45) is 6.56. The van der Waals surface area contributed by atoms with E-state index in [0.717, 1.165) is 38.8 Å². The lowest BCUT2D eigenvalue weighted by Crippen LogP contribution is -2.42. The first-order valence-electron chi connectivity index (χ1n) is 7.47. The highest BCUT2D eigenvalue weighted by Crippen LogP contribution is 2.45. The molecule has 0 aromatic heterocycles. The fourth-order valence-corrected chi connectivity index (χ4v) is 3.84. The van der Waals surface area contributed by atoms with Crippen LogP contribution in [0.3, 0.4) is 0 Å². The molecule has 2 fully saturated rings. The predicted octanol–water partition coefficient (Wildman–Crippen LogP) is 2.43. The second kappa shape index (κ2) is 5.60. The minimum atomic E-state index is -0.0709. The molecule has 1 N–H and O–H groups in total. The van der Waals surface area contributed by atoms with Crippen molar-refractivity contribution in [2.75, 3.05) is 19.7 Å². The maximum Gasteiger partial charge on any atom is 0.228 e. The van der Waals surface area contributed by atoms with Gasteiger partial charge in [-0.05, 0) is 31.6 Å². The van der Waals surface area contributed by atoms with E-state index < -0.39 is 0 Å². The van der Waals surface area contributed by atoms with Crippen LogP contribution in [0.5, 0.6) is 0 Å². The number of likely N-dealkylation sites (tertiary alicyclic amines) is 1. The molecule has 2 rings (SSSR count). The number of hydrogen-bond acceptors (Lipinski definition) is 2. The van der Waals surface area contributed by atoms with Gasteiger partial charge in [0.25, 0.3) is 0 Å². The summed E-state index contributed by atoms with van der Waals surface area (Å²) in [5, 5.41) is 9.20. The van der Waals surface area contributed by atoms with Crippen molar-refractivity contribution in [3.8, 4) is 0 Å². The van der Waals surface area contributed by atoms with Crippen molar-refractivity contribution in [3.63, 3.8) is 0 Å². The minimum Gasteiger partial charge on any atom is -0.396 e. The van der Waals surface area contributed by atoms with Gasteiger partial charge in [0, 0.05) is 31.0 Å². The SMILES string of the molecule is CC(C)CC1(C(=O)N2CCC(CO)C2)CCCC1. The molecular formula is C15H27NO2. The van der Waals surface area contributed by atoms with E-state index in [9.17, 15) is 9.90 Å². The Balaban J connectivity index is 2.05. The Hall–Kier alpha value is -0.570. The Bertz CT molecular complexity index is 295. The van der Waals surface area contributed by atoms with Gasteiger partial charge in [-0.3, -0.25) is 4.79 Å². The maximum atomic E-state index is 12.8. The van der Waals surface area contributed by atoms with Crippen LogP contribution in [-0.2, 0) is 4.79 Å². The van der Waals surface area contributed by atoms with Crippen LogP contribution in [0, 0.1) is 17.3 Å². The first-order valence-corrected chi connectivity index (χ1v) is 7.47. The Morgan fingerprint density at radius 1 is 1.39 bits per heavy atom. The van der Waals surface area contributed by atoms with E-state index in [0.29, 0.717) is 17.7 Å². The lowest BCUT2D eigenvalue weighted by atomic mass is 9.77. The third-order valence-electron chi connectivity index (χ3n) is 4.64. The average molecular weight is 253 g/mol. The van der Waals surface area contributed by atoms with Gasteiger partial charge in [-0.2, -0.15) is 0 Å². The van der Waals surface area contributed by atoms with Crippen LogP contribution < -0.4 is 0 Å². The molecule has 1 amide bonds. The highest BCUT2D eigenvalue weighted by molar-refractivity contribution is 5.83. The average Bonchev–Trinajstić information content (AvgIpc) is 2.96. The molecule has 1 aliphatic heterocycles. The number of carbonyl (C=O) groups excluding carboxylic acids is 1. The molecule has 1 saturated carbocycles. The van der Waals surface area contributed by atoms with Gasteiger partial charge >= 0.3 is 0 Å². The molecule has 18 heavy (non-hydrogen) atoms. The summed E-state index contributed by atoms with van der Waals surface area (Å²) in [5.74, 6) is 1.28. The number of rotatable bonds is 4. The zero-order valence-corrected chi connectivity index (χ0v) is 11.8. The van der Waals surface area contributed by atoms with Crippen LogP contribution in [0.4, 0.5) is 0 Å². The first kappa shape index (κ1) is 13.9. The van der Waals surface area contributed by atoms with E-state index in [2.05, 4.69) is 13.8 Å². The third-order valence-corrected chi connectivity index (χ3v) is 4.64. The molecule has 1 saturated heterocycles. The number of carbonyl (C=O) groups is 1. The molecule has 3 nitrogen and oxygen atoms in total. The van der Waals surface area contributed by atoms with Gasteiger partial charge in [-0.15, -0.1) is 0 Å². The Kier molecular flexibility index (Phi) is 4.31. The smallest absolute Gasteiger partial charge is 0.228 e. The predicted molar refractivity (Wildman–Crippen MR) is 72.1 cm³/mol. The number of aliphatic hydroxyl groups excluding tert-OH is 1. The molecule has 1 heterocycles. The zero-order chi connectivity index (χ0) is 13.2. The largest absolute Gasteiger partial charge is 0.396 e. The van der Waals surface area contributed by atoms with Crippen molar-refractivity contribution in [3.05, 3.63) is 0 Å². The fourth-order valence-electron chi connectivity index (χ4n) is 3.84. The van der Waals surface area contributed by atoms with Crippen LogP contribution in [0.1, 0.15) is 52.4 Å². The van der Waals surface area contributed by atoms with Crippen molar-refractivity contribution in [1.82, 2.24) is 4.90 Å². The molecule has 0 spiro atoms. The van der Waals surface area contributed by atoms with Crippen LogP contribution >= 0.6 is 0 Å². The highest BCUT2D eigenvalue weighted by Gasteiger charge is 2.44. The second-order valence-corrected chi connectivity index (χ2v) is 6.67. The molecule has 1 unspecified atom stereocenters. The fraction of sp³-hybridized carbons (Fsp3) is 0.933. The summed E-state index contributed by atoms with van der Waals surface area (Å²) in [7, 11) is 0. The lowest BCUT2D eigenvalue weighted by Gasteiger charge is -2.33. The zero-order valence-electron chi connectivity index (χ0n) is 11.8. The monoisotopic (exact) mass is 253 g/mol. The normalized spacial score (nSPS) is 27.1. The van der Waals surface area contributed by atoms with Gasteiger partial charge in [0.15, 0.2) is 0 Å². The van der Waals surface area contributed by atoms with Crippen molar-refractivity contribution < 1.29 is 9.90 Å². The highest BCUT2D eigenvalue weighted by atomic mass is 16.3. The first-order chi connectivity index (χ1) is 8.57. The van der Waals surface area contributed by atoms with Gasteiger partial charge in [-0.25, -0.2) is 0 Å². The summed E-state index contributed by atoms with van der Waals surface area (Å²) >= 11 is 0. The lowest BCUT2D eigenvalue weighted by molar-refractivity contribution is -0.142. The third kappa shape index (κ3) is 2.71. The van der Waals surface area contributed by atoms with Crippen molar-refractivity contribution in [2.24, 2.45) is 17.3 Å².